The first kappa shape index (κ1) is 12.6. The summed E-state index contributed by atoms with van der Waals surface area (Å²) in [6.07, 6.45) is 0.577. The van der Waals surface area contributed by atoms with E-state index in [4.69, 9.17) is 0 Å². The summed E-state index contributed by atoms with van der Waals surface area (Å²) in [4.78, 5) is 35.0. The lowest BCUT2D eigenvalue weighted by molar-refractivity contribution is -0.134. The van der Waals surface area contributed by atoms with Crippen LogP contribution in [0.4, 0.5) is 0 Å². The Balaban J connectivity index is 2.01. The van der Waals surface area contributed by atoms with E-state index in [0.29, 0.717) is 12.0 Å². The predicted octanol–water partition coefficient (Wildman–Crippen LogP) is 0.510. The second kappa shape index (κ2) is 5.22. The Kier molecular flexibility index (Phi) is 3.66. The first-order valence-corrected chi connectivity index (χ1v) is 5.94. The molecule has 1 saturated heterocycles. The van der Waals surface area contributed by atoms with Crippen molar-refractivity contribution in [2.24, 2.45) is 0 Å². The summed E-state index contributed by atoms with van der Waals surface area (Å²) in [6.45, 7) is 0. The van der Waals surface area contributed by atoms with Crippen molar-refractivity contribution < 1.29 is 14.4 Å². The van der Waals surface area contributed by atoms with E-state index < -0.39 is 11.9 Å². The monoisotopic (exact) mass is 264 g/mol. The van der Waals surface area contributed by atoms with Gasteiger partial charge in [-0.25, -0.2) is 0 Å². The summed E-state index contributed by atoms with van der Waals surface area (Å²) in [5, 5.41) is 4.79. The van der Waals surface area contributed by atoms with Crippen LogP contribution in [0.25, 0.3) is 0 Å². The van der Waals surface area contributed by atoms with Crippen LogP contribution in [0.2, 0.25) is 0 Å². The SMILES string of the molecule is O=C1CCC(NC(=O)c2ccc(S)cc2)C(=O)N1. The van der Waals surface area contributed by atoms with Crippen LogP contribution in [-0.4, -0.2) is 23.8 Å². The number of rotatable bonds is 2. The molecule has 1 aliphatic rings. The van der Waals surface area contributed by atoms with E-state index in [1.165, 1.54) is 0 Å². The molecule has 1 aliphatic heterocycles. The highest BCUT2D eigenvalue weighted by molar-refractivity contribution is 7.80. The van der Waals surface area contributed by atoms with Crippen LogP contribution in [0.5, 0.6) is 0 Å². The topological polar surface area (TPSA) is 75.3 Å². The molecule has 6 heteroatoms. The molecule has 0 bridgehead atoms. The van der Waals surface area contributed by atoms with Crippen LogP contribution in [-0.2, 0) is 9.59 Å². The minimum absolute atomic E-state index is 0.242. The first-order valence-electron chi connectivity index (χ1n) is 5.50. The van der Waals surface area contributed by atoms with Crippen LogP contribution in [0, 0.1) is 0 Å². The maximum Gasteiger partial charge on any atom is 0.251 e. The maximum atomic E-state index is 11.9. The van der Waals surface area contributed by atoms with Crippen molar-refractivity contribution in [2.75, 3.05) is 0 Å². The molecule has 94 valence electrons. The van der Waals surface area contributed by atoms with Gasteiger partial charge in [0.25, 0.3) is 5.91 Å². The molecule has 2 rings (SSSR count). The molecule has 0 spiro atoms. The van der Waals surface area contributed by atoms with E-state index in [9.17, 15) is 14.4 Å². The molecule has 5 nitrogen and oxygen atoms in total. The van der Waals surface area contributed by atoms with E-state index in [1.807, 2.05) is 0 Å². The number of nitrogens with one attached hydrogen (secondary N) is 2. The number of hydrogen-bond donors (Lipinski definition) is 3. The zero-order chi connectivity index (χ0) is 13.1. The van der Waals surface area contributed by atoms with E-state index in [1.54, 1.807) is 24.3 Å². The van der Waals surface area contributed by atoms with Gasteiger partial charge in [-0.1, -0.05) is 0 Å². The number of carbonyl (C=O) groups excluding carboxylic acids is 3. The molecule has 1 unspecified atom stereocenters. The van der Waals surface area contributed by atoms with Crippen molar-refractivity contribution in [3.8, 4) is 0 Å². The quantitative estimate of drug-likeness (QED) is 0.538. The lowest BCUT2D eigenvalue weighted by Crippen LogP contribution is -2.52. The molecule has 2 N–H and O–H groups in total. The second-order valence-corrected chi connectivity index (χ2v) is 4.54. The molecule has 1 fully saturated rings. The van der Waals surface area contributed by atoms with Gasteiger partial charge in [0.1, 0.15) is 6.04 Å². The van der Waals surface area contributed by atoms with Gasteiger partial charge in [-0.05, 0) is 30.7 Å². The fourth-order valence-corrected chi connectivity index (χ4v) is 1.83. The Morgan fingerprint density at radius 3 is 2.56 bits per heavy atom. The highest BCUT2D eigenvalue weighted by atomic mass is 32.1. The molecule has 0 aliphatic carbocycles. The number of amides is 3. The molecule has 1 aromatic rings. The molecule has 1 heterocycles. The van der Waals surface area contributed by atoms with Gasteiger partial charge in [-0.15, -0.1) is 12.6 Å². The summed E-state index contributed by atoms with van der Waals surface area (Å²) in [5.41, 5.74) is 0.456. The largest absolute Gasteiger partial charge is 0.340 e. The van der Waals surface area contributed by atoms with Gasteiger partial charge in [0.15, 0.2) is 0 Å². The molecule has 0 saturated carbocycles. The molecule has 0 radical (unpaired) electrons. The van der Waals surface area contributed by atoms with Gasteiger partial charge in [0, 0.05) is 16.9 Å². The zero-order valence-corrected chi connectivity index (χ0v) is 10.4. The summed E-state index contributed by atoms with van der Waals surface area (Å²) < 4.78 is 0. The van der Waals surface area contributed by atoms with Gasteiger partial charge >= 0.3 is 0 Å². The highest BCUT2D eigenvalue weighted by Gasteiger charge is 2.27. The van der Waals surface area contributed by atoms with Gasteiger partial charge in [-0.2, -0.15) is 0 Å². The van der Waals surface area contributed by atoms with Crippen molar-refractivity contribution in [3.05, 3.63) is 29.8 Å². The third-order valence-electron chi connectivity index (χ3n) is 2.67. The average molecular weight is 264 g/mol. The molecule has 0 aromatic heterocycles. The van der Waals surface area contributed by atoms with Crippen molar-refractivity contribution >= 4 is 30.4 Å². The van der Waals surface area contributed by atoms with E-state index in [0.717, 1.165) is 4.90 Å². The maximum absolute atomic E-state index is 11.9. The Morgan fingerprint density at radius 1 is 1.28 bits per heavy atom. The van der Waals surface area contributed by atoms with Crippen molar-refractivity contribution in [1.82, 2.24) is 10.6 Å². The predicted molar refractivity (Wildman–Crippen MR) is 67.3 cm³/mol. The Bertz CT molecular complexity index is 499. The van der Waals surface area contributed by atoms with Crippen LogP contribution >= 0.6 is 12.6 Å². The number of imide groups is 1. The van der Waals surface area contributed by atoms with Crippen LogP contribution in [0.3, 0.4) is 0 Å². The van der Waals surface area contributed by atoms with Gasteiger partial charge in [0.2, 0.25) is 11.8 Å². The number of hydrogen-bond acceptors (Lipinski definition) is 4. The van der Waals surface area contributed by atoms with Crippen LogP contribution in [0.1, 0.15) is 23.2 Å². The molecular weight excluding hydrogens is 252 g/mol. The Hall–Kier alpha value is -1.82. The minimum atomic E-state index is -0.647. The minimum Gasteiger partial charge on any atom is -0.340 e. The first-order chi connectivity index (χ1) is 8.56. The third-order valence-corrected chi connectivity index (χ3v) is 2.97. The van der Waals surface area contributed by atoms with E-state index in [-0.39, 0.29) is 18.2 Å². The summed E-state index contributed by atoms with van der Waals surface area (Å²) >= 11 is 4.12. The molecule has 18 heavy (non-hydrogen) atoms. The Morgan fingerprint density at radius 2 is 1.94 bits per heavy atom. The summed E-state index contributed by atoms with van der Waals surface area (Å²) in [6, 6.07) is 6.00. The number of benzene rings is 1. The lowest BCUT2D eigenvalue weighted by Gasteiger charge is -2.21. The van der Waals surface area contributed by atoms with Gasteiger partial charge < -0.3 is 5.32 Å². The molecule has 1 aromatic carbocycles. The summed E-state index contributed by atoms with van der Waals surface area (Å²) in [5.74, 6) is -1.09. The standard InChI is InChI=1S/C12H12N2O3S/c15-10-6-5-9(12(17)14-10)13-11(16)7-1-3-8(18)4-2-7/h1-4,9,18H,5-6H2,(H,13,16)(H,14,15,17). The van der Waals surface area contributed by atoms with Crippen LogP contribution < -0.4 is 10.6 Å². The second-order valence-electron chi connectivity index (χ2n) is 4.02. The van der Waals surface area contributed by atoms with E-state index >= 15 is 0 Å². The zero-order valence-electron chi connectivity index (χ0n) is 9.47. The number of piperidine rings is 1. The smallest absolute Gasteiger partial charge is 0.251 e. The van der Waals surface area contributed by atoms with Crippen molar-refractivity contribution in [3.63, 3.8) is 0 Å². The van der Waals surface area contributed by atoms with Gasteiger partial charge in [0.05, 0.1) is 0 Å². The molecule has 1 atom stereocenters. The number of thiol groups is 1. The lowest BCUT2D eigenvalue weighted by atomic mass is 10.1. The van der Waals surface area contributed by atoms with E-state index in [2.05, 4.69) is 23.3 Å². The average Bonchev–Trinajstić information content (AvgIpc) is 2.33. The normalized spacial score (nSPS) is 19.3. The molecule has 3 amide bonds. The van der Waals surface area contributed by atoms with Crippen molar-refractivity contribution in [1.29, 1.82) is 0 Å². The summed E-state index contributed by atoms with van der Waals surface area (Å²) in [7, 11) is 0. The Labute approximate surface area is 109 Å². The third kappa shape index (κ3) is 2.89. The fourth-order valence-electron chi connectivity index (χ4n) is 1.69. The van der Waals surface area contributed by atoms with Gasteiger partial charge in [-0.3, -0.25) is 19.7 Å². The highest BCUT2D eigenvalue weighted by Crippen LogP contribution is 2.09. The fraction of sp³-hybridized carbons (Fsp3) is 0.250. The van der Waals surface area contributed by atoms with Crippen molar-refractivity contribution in [2.45, 2.75) is 23.8 Å². The molecular formula is C12H12N2O3S. The van der Waals surface area contributed by atoms with Crippen LogP contribution in [0.15, 0.2) is 29.2 Å². The number of carbonyl (C=O) groups is 3.